The van der Waals surface area contributed by atoms with E-state index in [0.29, 0.717) is 6.04 Å². The van der Waals surface area contributed by atoms with Gasteiger partial charge in [-0.3, -0.25) is 4.90 Å². The van der Waals surface area contributed by atoms with Crippen LogP contribution in [-0.4, -0.2) is 47.1 Å². The molecule has 0 atom stereocenters. The normalized spacial score (nSPS) is 19.0. The first-order valence-corrected chi connectivity index (χ1v) is 9.90. The van der Waals surface area contributed by atoms with Crippen molar-refractivity contribution in [2.24, 2.45) is 0 Å². The first kappa shape index (κ1) is 17.3. The lowest BCUT2D eigenvalue weighted by molar-refractivity contribution is 0.248. The average molecular weight is 351 g/mol. The van der Waals surface area contributed by atoms with Crippen LogP contribution in [0.4, 0.5) is 11.8 Å². The smallest absolute Gasteiger partial charge is 0.227 e. The Bertz CT molecular complexity index is 704. The van der Waals surface area contributed by atoms with Crippen molar-refractivity contribution in [2.75, 3.05) is 36.4 Å². The lowest BCUT2D eigenvalue weighted by Crippen LogP contribution is -2.46. The van der Waals surface area contributed by atoms with Crippen molar-refractivity contribution in [1.82, 2.24) is 14.9 Å². The van der Waals surface area contributed by atoms with Gasteiger partial charge in [-0.15, -0.1) is 0 Å². The fraction of sp³-hybridized carbons (Fsp3) is 0.524. The zero-order valence-corrected chi connectivity index (χ0v) is 15.7. The Kier molecular flexibility index (Phi) is 5.34. The maximum Gasteiger partial charge on any atom is 0.227 e. The van der Waals surface area contributed by atoms with Gasteiger partial charge < -0.3 is 10.2 Å². The van der Waals surface area contributed by atoms with E-state index in [4.69, 9.17) is 9.97 Å². The number of anilines is 2. The summed E-state index contributed by atoms with van der Waals surface area (Å²) in [6.45, 7) is 7.17. The highest BCUT2D eigenvalue weighted by Crippen LogP contribution is 2.23. The fourth-order valence-corrected chi connectivity index (χ4v) is 4.00. The molecule has 5 heteroatoms. The number of piperazine rings is 1. The molecule has 0 amide bonds. The molecule has 138 valence electrons. The summed E-state index contributed by atoms with van der Waals surface area (Å²) < 4.78 is 0. The molecular weight excluding hydrogens is 322 g/mol. The quantitative estimate of drug-likeness (QED) is 0.894. The van der Waals surface area contributed by atoms with E-state index in [9.17, 15) is 0 Å². The molecule has 0 radical (unpaired) electrons. The van der Waals surface area contributed by atoms with Crippen LogP contribution in [0.2, 0.25) is 0 Å². The number of benzene rings is 1. The van der Waals surface area contributed by atoms with E-state index in [1.54, 1.807) is 0 Å². The second-order valence-electron chi connectivity index (χ2n) is 7.57. The van der Waals surface area contributed by atoms with Gasteiger partial charge in [0.15, 0.2) is 0 Å². The molecule has 1 N–H and O–H groups in total. The second kappa shape index (κ2) is 8.04. The summed E-state index contributed by atoms with van der Waals surface area (Å²) >= 11 is 0. The summed E-state index contributed by atoms with van der Waals surface area (Å²) in [5.41, 5.74) is 2.43. The molecule has 1 aromatic carbocycles. The third kappa shape index (κ3) is 4.33. The van der Waals surface area contributed by atoms with Gasteiger partial charge in [0.2, 0.25) is 5.95 Å². The minimum Gasteiger partial charge on any atom is -0.367 e. The third-order valence-corrected chi connectivity index (χ3v) is 5.45. The molecule has 2 aliphatic rings. The number of hydrogen-bond acceptors (Lipinski definition) is 5. The lowest BCUT2D eigenvalue weighted by Gasteiger charge is -2.35. The van der Waals surface area contributed by atoms with Crippen LogP contribution in [0, 0.1) is 6.92 Å². The van der Waals surface area contributed by atoms with Crippen molar-refractivity contribution in [3.05, 3.63) is 47.7 Å². The number of nitrogens with one attached hydrogen (secondary N) is 1. The molecule has 1 aromatic heterocycles. The van der Waals surface area contributed by atoms with Gasteiger partial charge in [0, 0.05) is 50.5 Å². The van der Waals surface area contributed by atoms with Crippen molar-refractivity contribution in [2.45, 2.75) is 45.2 Å². The molecule has 1 aliphatic carbocycles. The molecule has 1 saturated heterocycles. The minimum absolute atomic E-state index is 0.583. The first-order valence-electron chi connectivity index (χ1n) is 9.90. The van der Waals surface area contributed by atoms with Gasteiger partial charge in [0.25, 0.3) is 0 Å². The van der Waals surface area contributed by atoms with Crippen molar-refractivity contribution >= 4 is 11.8 Å². The molecule has 2 fully saturated rings. The predicted octanol–water partition coefficient (Wildman–Crippen LogP) is 3.46. The van der Waals surface area contributed by atoms with Gasteiger partial charge in [-0.05, 0) is 25.3 Å². The Morgan fingerprint density at radius 1 is 1.00 bits per heavy atom. The Labute approximate surface area is 156 Å². The van der Waals surface area contributed by atoms with E-state index in [1.165, 1.54) is 31.2 Å². The Morgan fingerprint density at radius 2 is 1.73 bits per heavy atom. The molecule has 26 heavy (non-hydrogen) atoms. The van der Waals surface area contributed by atoms with Crippen molar-refractivity contribution in [1.29, 1.82) is 0 Å². The van der Waals surface area contributed by atoms with Gasteiger partial charge in [0.1, 0.15) is 5.82 Å². The van der Waals surface area contributed by atoms with Crippen LogP contribution in [0.5, 0.6) is 0 Å². The molecule has 2 heterocycles. The molecule has 2 aromatic rings. The van der Waals surface area contributed by atoms with Gasteiger partial charge >= 0.3 is 0 Å². The summed E-state index contributed by atoms with van der Waals surface area (Å²) in [4.78, 5) is 14.4. The number of nitrogens with zero attached hydrogens (tertiary/aromatic N) is 4. The fourth-order valence-electron chi connectivity index (χ4n) is 4.00. The Morgan fingerprint density at radius 3 is 2.46 bits per heavy atom. The monoisotopic (exact) mass is 351 g/mol. The zero-order chi connectivity index (χ0) is 17.8. The first-order chi connectivity index (χ1) is 12.8. The van der Waals surface area contributed by atoms with Crippen molar-refractivity contribution < 1.29 is 0 Å². The highest BCUT2D eigenvalue weighted by molar-refractivity contribution is 5.44. The highest BCUT2D eigenvalue weighted by atomic mass is 15.3. The van der Waals surface area contributed by atoms with Crippen molar-refractivity contribution in [3.8, 4) is 0 Å². The van der Waals surface area contributed by atoms with Gasteiger partial charge in [-0.1, -0.05) is 43.2 Å². The maximum atomic E-state index is 4.81. The topological polar surface area (TPSA) is 44.3 Å². The average Bonchev–Trinajstić information content (AvgIpc) is 3.16. The summed E-state index contributed by atoms with van der Waals surface area (Å²) in [6, 6.07) is 13.4. The number of aromatic nitrogens is 2. The van der Waals surface area contributed by atoms with Crippen LogP contribution in [0.25, 0.3) is 0 Å². The van der Waals surface area contributed by atoms with E-state index >= 15 is 0 Å². The van der Waals surface area contributed by atoms with E-state index in [0.717, 1.165) is 50.2 Å². The Hall–Kier alpha value is -2.14. The SMILES string of the molecule is Cc1cc(NC2CCCC2)nc(N2CCN(Cc3ccccc3)CC2)n1. The van der Waals surface area contributed by atoms with Crippen LogP contribution in [0.15, 0.2) is 36.4 Å². The summed E-state index contributed by atoms with van der Waals surface area (Å²) in [5, 5.41) is 3.61. The lowest BCUT2D eigenvalue weighted by atomic mass is 10.2. The molecule has 5 nitrogen and oxygen atoms in total. The summed E-state index contributed by atoms with van der Waals surface area (Å²) in [7, 11) is 0. The molecular formula is C21H29N5. The molecule has 4 rings (SSSR count). The van der Waals surface area contributed by atoms with Gasteiger partial charge in [-0.25, -0.2) is 4.98 Å². The van der Waals surface area contributed by atoms with Crippen LogP contribution >= 0.6 is 0 Å². The molecule has 0 spiro atoms. The Balaban J connectivity index is 1.37. The zero-order valence-electron chi connectivity index (χ0n) is 15.7. The standard InChI is InChI=1S/C21H29N5/c1-17-15-20(23-19-9-5-6-10-19)24-21(22-17)26-13-11-25(12-14-26)16-18-7-3-2-4-8-18/h2-4,7-8,15,19H,5-6,9-14,16H2,1H3,(H,22,23,24). The number of rotatable bonds is 5. The third-order valence-electron chi connectivity index (χ3n) is 5.45. The minimum atomic E-state index is 0.583. The summed E-state index contributed by atoms with van der Waals surface area (Å²) in [5.74, 6) is 1.87. The number of hydrogen-bond donors (Lipinski definition) is 1. The van der Waals surface area contributed by atoms with E-state index in [2.05, 4.69) is 58.4 Å². The van der Waals surface area contributed by atoms with Gasteiger partial charge in [-0.2, -0.15) is 4.98 Å². The molecule has 1 aliphatic heterocycles. The molecule has 0 bridgehead atoms. The molecule has 0 unspecified atom stereocenters. The van der Waals surface area contributed by atoms with E-state index in [1.807, 2.05) is 0 Å². The van der Waals surface area contributed by atoms with Gasteiger partial charge in [0.05, 0.1) is 0 Å². The van der Waals surface area contributed by atoms with Crippen molar-refractivity contribution in [3.63, 3.8) is 0 Å². The predicted molar refractivity (Wildman–Crippen MR) is 107 cm³/mol. The number of aryl methyl sites for hydroxylation is 1. The van der Waals surface area contributed by atoms with Crippen LogP contribution in [0.1, 0.15) is 36.9 Å². The molecule has 1 saturated carbocycles. The highest BCUT2D eigenvalue weighted by Gasteiger charge is 2.21. The maximum absolute atomic E-state index is 4.81. The van der Waals surface area contributed by atoms with E-state index < -0.39 is 0 Å². The van der Waals surface area contributed by atoms with Crippen LogP contribution < -0.4 is 10.2 Å². The van der Waals surface area contributed by atoms with Crippen LogP contribution in [-0.2, 0) is 6.54 Å². The largest absolute Gasteiger partial charge is 0.367 e. The van der Waals surface area contributed by atoms with Crippen LogP contribution in [0.3, 0.4) is 0 Å². The second-order valence-corrected chi connectivity index (χ2v) is 7.57. The summed E-state index contributed by atoms with van der Waals surface area (Å²) in [6.07, 6.45) is 5.18. The van der Waals surface area contributed by atoms with E-state index in [-0.39, 0.29) is 0 Å².